The summed E-state index contributed by atoms with van der Waals surface area (Å²) in [5, 5.41) is 9.95. The first-order valence-corrected chi connectivity index (χ1v) is 5.63. The minimum Gasteiger partial charge on any atom is -0.417 e. The number of H-pyrrole nitrogens is 1. The molecule has 2 rings (SSSR count). The first-order chi connectivity index (χ1) is 8.28. The number of hydrogen-bond acceptors (Lipinski definition) is 5. The van der Waals surface area contributed by atoms with Gasteiger partial charge in [0.25, 0.3) is 0 Å². The summed E-state index contributed by atoms with van der Waals surface area (Å²) in [4.78, 5) is 4.18. The molecule has 0 unspecified atom stereocenters. The molecule has 2 N–H and O–H groups in total. The van der Waals surface area contributed by atoms with Crippen LogP contribution in [0.25, 0.3) is 0 Å². The maximum Gasteiger partial charge on any atom is 0.400 e. The van der Waals surface area contributed by atoms with Crippen molar-refractivity contribution in [3.63, 3.8) is 0 Å². The molecule has 0 aromatic carbocycles. The van der Waals surface area contributed by atoms with E-state index in [1.165, 1.54) is 0 Å². The molecule has 0 aliphatic carbocycles. The average molecular weight is 236 g/mol. The second kappa shape index (κ2) is 5.49. The van der Waals surface area contributed by atoms with Gasteiger partial charge in [-0.15, -0.1) is 5.10 Å². The fraction of sp³-hybridized carbons (Fsp3) is 0.455. The number of aromatic nitrogens is 3. The first-order valence-electron chi connectivity index (χ1n) is 5.63. The molecule has 2 aromatic rings. The second-order valence-electron chi connectivity index (χ2n) is 3.77. The molecule has 92 valence electrons. The quantitative estimate of drug-likeness (QED) is 0.750. The highest BCUT2D eigenvalue weighted by molar-refractivity contribution is 5.16. The number of rotatable bonds is 6. The average Bonchev–Trinajstić information content (AvgIpc) is 2.90. The van der Waals surface area contributed by atoms with E-state index in [1.54, 1.807) is 12.3 Å². The van der Waals surface area contributed by atoms with E-state index < -0.39 is 0 Å². The van der Waals surface area contributed by atoms with Crippen molar-refractivity contribution in [2.24, 2.45) is 0 Å². The highest BCUT2D eigenvalue weighted by Crippen LogP contribution is 2.18. The Morgan fingerprint density at radius 2 is 2.41 bits per heavy atom. The third-order valence-electron chi connectivity index (χ3n) is 2.14. The smallest absolute Gasteiger partial charge is 0.400 e. The van der Waals surface area contributed by atoms with Gasteiger partial charge < -0.3 is 14.5 Å². The molecule has 0 amide bonds. The Kier molecular flexibility index (Phi) is 3.77. The maximum atomic E-state index is 5.34. The molecule has 2 heterocycles. The van der Waals surface area contributed by atoms with Crippen molar-refractivity contribution < 1.29 is 9.15 Å². The van der Waals surface area contributed by atoms with Gasteiger partial charge in [-0.2, -0.15) is 4.98 Å². The Hall–Kier alpha value is -1.82. The normalized spacial score (nSPS) is 10.7. The zero-order valence-electron chi connectivity index (χ0n) is 9.99. The van der Waals surface area contributed by atoms with Gasteiger partial charge in [-0.25, -0.2) is 0 Å². The lowest BCUT2D eigenvalue weighted by atomic mass is 10.4. The topological polar surface area (TPSA) is 76.0 Å². The predicted octanol–water partition coefficient (Wildman–Crippen LogP) is 2.00. The molecule has 0 saturated heterocycles. The SMILES string of the molecule is CCCNCc1coc(Oc2cc(C)[nH]n2)n1. The zero-order valence-corrected chi connectivity index (χ0v) is 9.99. The van der Waals surface area contributed by atoms with Crippen LogP contribution in [0.1, 0.15) is 24.7 Å². The van der Waals surface area contributed by atoms with Crippen LogP contribution in [-0.2, 0) is 6.54 Å². The highest BCUT2D eigenvalue weighted by Gasteiger charge is 2.07. The van der Waals surface area contributed by atoms with Gasteiger partial charge in [-0.05, 0) is 19.9 Å². The van der Waals surface area contributed by atoms with Gasteiger partial charge in [-0.1, -0.05) is 6.92 Å². The molecule has 0 aliphatic rings. The van der Waals surface area contributed by atoms with Crippen LogP contribution in [0, 0.1) is 6.92 Å². The molecule has 0 radical (unpaired) electrons. The summed E-state index contributed by atoms with van der Waals surface area (Å²) in [6.07, 6.45) is 2.88. The van der Waals surface area contributed by atoms with Crippen LogP contribution in [0.3, 0.4) is 0 Å². The number of hydrogen-bond donors (Lipinski definition) is 2. The van der Waals surface area contributed by atoms with Crippen LogP contribution in [0.5, 0.6) is 12.0 Å². The van der Waals surface area contributed by atoms with Crippen LogP contribution < -0.4 is 10.1 Å². The summed E-state index contributed by atoms with van der Waals surface area (Å²) in [6.45, 7) is 5.65. The van der Waals surface area contributed by atoms with Crippen molar-refractivity contribution in [3.05, 3.63) is 23.7 Å². The van der Waals surface area contributed by atoms with Crippen molar-refractivity contribution in [1.82, 2.24) is 20.5 Å². The molecule has 2 aromatic heterocycles. The van der Waals surface area contributed by atoms with E-state index in [1.807, 2.05) is 6.92 Å². The molecular formula is C11H16N4O2. The standard InChI is InChI=1S/C11H16N4O2/c1-3-4-12-6-9-7-16-11(13-9)17-10-5-8(2)14-15-10/h5,7,12H,3-4,6H2,1-2H3,(H,14,15). The third kappa shape index (κ3) is 3.32. The monoisotopic (exact) mass is 236 g/mol. The molecule has 17 heavy (non-hydrogen) atoms. The summed E-state index contributed by atoms with van der Waals surface area (Å²) < 4.78 is 10.5. The van der Waals surface area contributed by atoms with Gasteiger partial charge >= 0.3 is 6.08 Å². The number of nitrogens with one attached hydrogen (secondary N) is 2. The molecule has 0 fully saturated rings. The molecule has 6 heteroatoms. The number of ether oxygens (including phenoxy) is 1. The summed E-state index contributed by atoms with van der Waals surface area (Å²) in [6, 6.07) is 1.78. The lowest BCUT2D eigenvalue weighted by Gasteiger charge is -1.97. The van der Waals surface area contributed by atoms with Gasteiger partial charge in [-0.3, -0.25) is 5.10 Å². The lowest BCUT2D eigenvalue weighted by Crippen LogP contribution is -2.13. The van der Waals surface area contributed by atoms with E-state index in [0.29, 0.717) is 12.4 Å². The van der Waals surface area contributed by atoms with E-state index in [9.17, 15) is 0 Å². The minimum absolute atomic E-state index is 0.213. The molecule has 0 atom stereocenters. The van der Waals surface area contributed by atoms with Gasteiger partial charge in [0.1, 0.15) is 6.26 Å². The lowest BCUT2D eigenvalue weighted by molar-refractivity contribution is 0.321. The van der Waals surface area contributed by atoms with E-state index in [2.05, 4.69) is 27.4 Å². The Balaban J connectivity index is 1.89. The Bertz CT molecular complexity index is 463. The van der Waals surface area contributed by atoms with Crippen molar-refractivity contribution in [2.75, 3.05) is 6.54 Å². The first kappa shape index (κ1) is 11.7. The number of nitrogens with zero attached hydrogens (tertiary/aromatic N) is 2. The third-order valence-corrected chi connectivity index (χ3v) is 2.14. The largest absolute Gasteiger partial charge is 0.417 e. The summed E-state index contributed by atoms with van der Waals surface area (Å²) in [5.41, 5.74) is 1.75. The Labute approximate surface area is 99.4 Å². The Morgan fingerprint density at radius 1 is 1.53 bits per heavy atom. The van der Waals surface area contributed by atoms with Crippen LogP contribution in [0.4, 0.5) is 0 Å². The minimum atomic E-state index is 0.213. The van der Waals surface area contributed by atoms with Gasteiger partial charge in [0.2, 0.25) is 5.88 Å². The summed E-state index contributed by atoms with van der Waals surface area (Å²) >= 11 is 0. The van der Waals surface area contributed by atoms with Crippen molar-refractivity contribution in [3.8, 4) is 12.0 Å². The fourth-order valence-electron chi connectivity index (χ4n) is 1.34. The van der Waals surface area contributed by atoms with Crippen LogP contribution in [-0.4, -0.2) is 21.7 Å². The van der Waals surface area contributed by atoms with Gasteiger partial charge in [0.15, 0.2) is 0 Å². The molecular weight excluding hydrogens is 220 g/mol. The summed E-state index contributed by atoms with van der Waals surface area (Å²) in [5.74, 6) is 0.456. The Morgan fingerprint density at radius 3 is 3.12 bits per heavy atom. The number of aryl methyl sites for hydroxylation is 1. The zero-order chi connectivity index (χ0) is 12.1. The predicted molar refractivity (Wildman–Crippen MR) is 61.9 cm³/mol. The summed E-state index contributed by atoms with van der Waals surface area (Å²) in [7, 11) is 0. The molecule has 0 bridgehead atoms. The second-order valence-corrected chi connectivity index (χ2v) is 3.77. The number of oxazole rings is 1. The molecule has 0 aliphatic heterocycles. The van der Waals surface area contributed by atoms with E-state index in [0.717, 1.165) is 24.4 Å². The molecule has 0 spiro atoms. The van der Waals surface area contributed by atoms with Crippen LogP contribution >= 0.6 is 0 Å². The van der Waals surface area contributed by atoms with Crippen molar-refractivity contribution >= 4 is 0 Å². The molecule has 6 nitrogen and oxygen atoms in total. The van der Waals surface area contributed by atoms with Crippen LogP contribution in [0.15, 0.2) is 16.7 Å². The van der Waals surface area contributed by atoms with Crippen molar-refractivity contribution in [2.45, 2.75) is 26.8 Å². The van der Waals surface area contributed by atoms with E-state index in [4.69, 9.17) is 9.15 Å². The highest BCUT2D eigenvalue weighted by atomic mass is 16.6. The van der Waals surface area contributed by atoms with Gasteiger partial charge in [0.05, 0.1) is 5.69 Å². The van der Waals surface area contributed by atoms with Crippen LogP contribution in [0.2, 0.25) is 0 Å². The van der Waals surface area contributed by atoms with Gasteiger partial charge in [0, 0.05) is 18.3 Å². The molecule has 0 saturated carbocycles. The van der Waals surface area contributed by atoms with E-state index in [-0.39, 0.29) is 6.08 Å². The fourth-order valence-corrected chi connectivity index (χ4v) is 1.34. The number of aromatic amines is 1. The van der Waals surface area contributed by atoms with E-state index >= 15 is 0 Å². The van der Waals surface area contributed by atoms with Crippen molar-refractivity contribution in [1.29, 1.82) is 0 Å². The maximum absolute atomic E-state index is 5.34.